The van der Waals surface area contributed by atoms with Crippen molar-refractivity contribution in [1.82, 2.24) is 0 Å². The third-order valence-corrected chi connectivity index (χ3v) is 8.15. The number of aliphatic imine (C=N–C) groups is 1. The predicted octanol–water partition coefficient (Wildman–Crippen LogP) is 6.54. The molecule has 0 saturated heterocycles. The summed E-state index contributed by atoms with van der Waals surface area (Å²) in [5, 5.41) is 0. The first kappa shape index (κ1) is 18.7. The van der Waals surface area contributed by atoms with Gasteiger partial charge in [-0.15, -0.1) is 0 Å². The second-order valence-corrected chi connectivity index (χ2v) is 9.75. The van der Waals surface area contributed by atoms with Crippen molar-refractivity contribution < 1.29 is 0 Å². The molecule has 1 saturated carbocycles. The fraction of sp³-hybridized carbons (Fsp3) is 0.400. The van der Waals surface area contributed by atoms with Gasteiger partial charge in [-0.05, 0) is 0 Å². The molecule has 1 nitrogen and oxygen atoms in total. The molecule has 0 aromatic heterocycles. The molecule has 4 rings (SSSR count). The number of benzene rings is 2. The number of allylic oxidation sites excluding steroid dienone is 1. The summed E-state index contributed by atoms with van der Waals surface area (Å²) in [6, 6.07) is 20.6. The Hall–Kier alpha value is -1.63. The normalized spacial score (nSPS) is 20.7. The number of hydrogen-bond acceptors (Lipinski definition) is 1. The SMILES string of the molecule is CCCC/C(=C1/[Se]C(=NC2CCCCC2)c2ccccc21)c1ccccc1. The Balaban J connectivity index is 1.77. The van der Waals surface area contributed by atoms with Crippen molar-refractivity contribution in [3.63, 3.8) is 0 Å². The summed E-state index contributed by atoms with van der Waals surface area (Å²) in [7, 11) is 0. The maximum absolute atomic E-state index is 5.29. The van der Waals surface area contributed by atoms with E-state index in [1.165, 1.54) is 72.7 Å². The Bertz CT molecular complexity index is 828. The van der Waals surface area contributed by atoms with E-state index in [1.54, 1.807) is 10.0 Å². The van der Waals surface area contributed by atoms with Crippen LogP contribution in [-0.4, -0.2) is 25.6 Å². The van der Waals surface area contributed by atoms with E-state index in [0.29, 0.717) is 21.0 Å². The first-order chi connectivity index (χ1) is 13.4. The maximum atomic E-state index is 5.29. The molecule has 0 radical (unpaired) electrons. The first-order valence-electron chi connectivity index (χ1n) is 10.5. The third-order valence-electron chi connectivity index (χ3n) is 5.65. The molecular weight excluding hydrogens is 393 g/mol. The van der Waals surface area contributed by atoms with Crippen molar-refractivity contribution in [3.8, 4) is 0 Å². The zero-order valence-corrected chi connectivity index (χ0v) is 18.0. The van der Waals surface area contributed by atoms with Crippen molar-refractivity contribution in [3.05, 3.63) is 71.3 Å². The monoisotopic (exact) mass is 423 g/mol. The summed E-state index contributed by atoms with van der Waals surface area (Å²) >= 11 is 0.319. The number of fused-ring (bicyclic) bond motifs is 1. The summed E-state index contributed by atoms with van der Waals surface area (Å²) in [6.07, 6.45) is 10.3. The first-order valence-corrected chi connectivity index (χ1v) is 12.2. The van der Waals surface area contributed by atoms with Crippen LogP contribution >= 0.6 is 0 Å². The van der Waals surface area contributed by atoms with Gasteiger partial charge in [0.25, 0.3) is 0 Å². The van der Waals surface area contributed by atoms with Gasteiger partial charge >= 0.3 is 170 Å². The van der Waals surface area contributed by atoms with Gasteiger partial charge < -0.3 is 0 Å². The van der Waals surface area contributed by atoms with E-state index < -0.39 is 0 Å². The molecule has 2 aromatic rings. The van der Waals surface area contributed by atoms with Crippen LogP contribution in [0.15, 0.2) is 59.6 Å². The van der Waals surface area contributed by atoms with Crippen molar-refractivity contribution in [2.24, 2.45) is 4.99 Å². The van der Waals surface area contributed by atoms with Crippen LogP contribution in [0.5, 0.6) is 0 Å². The van der Waals surface area contributed by atoms with Crippen molar-refractivity contribution in [2.45, 2.75) is 64.3 Å². The summed E-state index contributed by atoms with van der Waals surface area (Å²) in [6.45, 7) is 2.29. The molecular formula is C25H29NSe. The second-order valence-electron chi connectivity index (χ2n) is 7.65. The number of nitrogens with zero attached hydrogens (tertiary/aromatic N) is 1. The summed E-state index contributed by atoms with van der Waals surface area (Å²) in [5.74, 6) is 0. The minimum atomic E-state index is 0.319. The van der Waals surface area contributed by atoms with Gasteiger partial charge in [-0.1, -0.05) is 0 Å². The van der Waals surface area contributed by atoms with E-state index >= 15 is 0 Å². The second kappa shape index (κ2) is 9.04. The van der Waals surface area contributed by atoms with Crippen LogP contribution in [0.2, 0.25) is 0 Å². The standard InChI is InChI=1S/C25H29NSe/c1-2-3-16-21(19-12-6-4-7-13-19)24-22-17-10-11-18-23(22)25(27-24)26-20-14-8-5-9-15-20/h4,6-7,10-13,17-18,20H,2-3,5,8-9,14-16H2,1H3/b24-21-,26-25?. The molecule has 2 aliphatic rings. The van der Waals surface area contributed by atoms with Crippen LogP contribution in [0.1, 0.15) is 75.0 Å². The molecule has 0 unspecified atom stereocenters. The van der Waals surface area contributed by atoms with E-state index in [9.17, 15) is 0 Å². The Kier molecular flexibility index (Phi) is 6.27. The Labute approximate surface area is 170 Å². The molecule has 0 bridgehead atoms. The molecule has 1 heterocycles. The topological polar surface area (TPSA) is 12.4 Å². The number of hydrogen-bond donors (Lipinski definition) is 0. The molecule has 2 heteroatoms. The summed E-state index contributed by atoms with van der Waals surface area (Å²) < 4.78 is 2.97. The zero-order chi connectivity index (χ0) is 18.5. The molecule has 0 N–H and O–H groups in total. The van der Waals surface area contributed by atoms with Crippen LogP contribution in [0, 0.1) is 0 Å². The minimum absolute atomic E-state index is 0.319. The van der Waals surface area contributed by atoms with Gasteiger partial charge in [-0.3, -0.25) is 0 Å². The average Bonchev–Trinajstić information content (AvgIpc) is 3.08. The fourth-order valence-corrected chi connectivity index (χ4v) is 6.91. The predicted molar refractivity (Wildman–Crippen MR) is 118 cm³/mol. The van der Waals surface area contributed by atoms with Crippen LogP contribution in [0.25, 0.3) is 10.0 Å². The van der Waals surface area contributed by atoms with Gasteiger partial charge in [0.05, 0.1) is 0 Å². The Morgan fingerprint density at radius 2 is 1.63 bits per heavy atom. The van der Waals surface area contributed by atoms with E-state index in [-0.39, 0.29) is 0 Å². The summed E-state index contributed by atoms with van der Waals surface area (Å²) in [5.41, 5.74) is 5.81. The van der Waals surface area contributed by atoms with Crippen molar-refractivity contribution in [2.75, 3.05) is 0 Å². The molecule has 140 valence electrons. The molecule has 0 atom stereocenters. The molecule has 0 spiro atoms. The van der Waals surface area contributed by atoms with Gasteiger partial charge in [0.15, 0.2) is 0 Å². The van der Waals surface area contributed by atoms with Crippen LogP contribution in [0.3, 0.4) is 0 Å². The molecule has 27 heavy (non-hydrogen) atoms. The van der Waals surface area contributed by atoms with Crippen LogP contribution < -0.4 is 0 Å². The van der Waals surface area contributed by atoms with Crippen molar-refractivity contribution >= 4 is 29.6 Å². The van der Waals surface area contributed by atoms with E-state index in [4.69, 9.17) is 4.99 Å². The van der Waals surface area contributed by atoms with Gasteiger partial charge in [0.1, 0.15) is 0 Å². The number of rotatable bonds is 5. The number of unbranched alkanes of at least 4 members (excludes halogenated alkanes) is 1. The molecule has 0 amide bonds. The summed E-state index contributed by atoms with van der Waals surface area (Å²) in [4.78, 5) is 5.29. The van der Waals surface area contributed by atoms with Gasteiger partial charge in [0.2, 0.25) is 0 Å². The Morgan fingerprint density at radius 1 is 0.926 bits per heavy atom. The van der Waals surface area contributed by atoms with E-state index in [1.807, 2.05) is 0 Å². The van der Waals surface area contributed by atoms with Gasteiger partial charge in [-0.2, -0.15) is 0 Å². The molecule has 1 aliphatic heterocycles. The van der Waals surface area contributed by atoms with Gasteiger partial charge in [-0.25, -0.2) is 0 Å². The molecule has 2 aromatic carbocycles. The van der Waals surface area contributed by atoms with Gasteiger partial charge in [0, 0.05) is 0 Å². The average molecular weight is 422 g/mol. The van der Waals surface area contributed by atoms with Crippen LogP contribution in [0.4, 0.5) is 0 Å². The quantitative estimate of drug-likeness (QED) is 0.485. The molecule has 1 fully saturated rings. The van der Waals surface area contributed by atoms with E-state index in [2.05, 4.69) is 61.5 Å². The van der Waals surface area contributed by atoms with E-state index in [0.717, 1.165) is 0 Å². The van der Waals surface area contributed by atoms with Crippen LogP contribution in [-0.2, 0) is 0 Å². The van der Waals surface area contributed by atoms with Crippen molar-refractivity contribution in [1.29, 1.82) is 0 Å². The Morgan fingerprint density at radius 3 is 2.37 bits per heavy atom. The third kappa shape index (κ3) is 4.28. The molecule has 1 aliphatic carbocycles. The fourth-order valence-electron chi connectivity index (χ4n) is 4.15. The zero-order valence-electron chi connectivity index (χ0n) is 16.3.